The van der Waals surface area contributed by atoms with Gasteiger partial charge in [0.15, 0.2) is 0 Å². The highest BCUT2D eigenvalue weighted by Gasteiger charge is 2.25. The molecule has 0 aliphatic carbocycles. The number of benzene rings is 1. The van der Waals surface area contributed by atoms with Gasteiger partial charge in [-0.2, -0.15) is 0 Å². The molecule has 0 amide bonds. The van der Waals surface area contributed by atoms with Gasteiger partial charge in [0.2, 0.25) is 0 Å². The van der Waals surface area contributed by atoms with Crippen LogP contribution >= 0.6 is 0 Å². The van der Waals surface area contributed by atoms with E-state index < -0.39 is 19.1 Å². The highest BCUT2D eigenvalue weighted by molar-refractivity contribution is 6.61. The second-order valence-electron chi connectivity index (χ2n) is 3.27. The van der Waals surface area contributed by atoms with Crippen LogP contribution in [0.5, 0.6) is 0 Å². The van der Waals surface area contributed by atoms with E-state index in [1.54, 1.807) is 0 Å². The Morgan fingerprint density at radius 1 is 1.22 bits per heavy atom. The summed E-state index contributed by atoms with van der Waals surface area (Å²) >= 11 is 0. The van der Waals surface area contributed by atoms with Crippen LogP contribution in [-0.2, 0) is 14.2 Å². The van der Waals surface area contributed by atoms with Crippen LogP contribution in [0.15, 0.2) is 18.2 Å². The molecule has 1 aromatic carbocycles. The van der Waals surface area contributed by atoms with Crippen molar-refractivity contribution >= 4 is 24.5 Å². The van der Waals surface area contributed by atoms with Crippen LogP contribution in [0.25, 0.3) is 0 Å². The third-order valence-corrected chi connectivity index (χ3v) is 2.27. The molecule has 96 valence electrons. The van der Waals surface area contributed by atoms with Crippen molar-refractivity contribution in [2.24, 2.45) is 5.90 Å². The van der Waals surface area contributed by atoms with E-state index in [0.29, 0.717) is 0 Å². The summed E-state index contributed by atoms with van der Waals surface area (Å²) in [5, 5.41) is 9.53. The lowest BCUT2D eigenvalue weighted by Gasteiger charge is -2.10. The van der Waals surface area contributed by atoms with Gasteiger partial charge < -0.3 is 19.3 Å². The third kappa shape index (κ3) is 2.86. The van der Waals surface area contributed by atoms with Crippen LogP contribution in [0.4, 0.5) is 0 Å². The van der Waals surface area contributed by atoms with E-state index in [1.807, 2.05) is 0 Å². The first-order valence-electron chi connectivity index (χ1n) is 4.89. The number of carbonyl (C=O) groups excluding carboxylic acids is 2. The SMILES string of the molecule is COC(=O)c1ccc(C(=O)OC)c(B(O)ON)c1. The first-order valence-corrected chi connectivity index (χ1v) is 4.89. The molecule has 0 aromatic heterocycles. The summed E-state index contributed by atoms with van der Waals surface area (Å²) in [7, 11) is 0.853. The van der Waals surface area contributed by atoms with Gasteiger partial charge in [0.1, 0.15) is 0 Å². The quantitative estimate of drug-likeness (QED) is 0.395. The lowest BCUT2D eigenvalue weighted by atomic mass is 9.76. The molecule has 0 fully saturated rings. The van der Waals surface area contributed by atoms with E-state index in [2.05, 4.69) is 14.2 Å². The minimum Gasteiger partial charge on any atom is -0.465 e. The number of hydrogen-bond acceptors (Lipinski definition) is 7. The zero-order chi connectivity index (χ0) is 13.7. The number of esters is 2. The average molecular weight is 253 g/mol. The predicted molar refractivity (Wildman–Crippen MR) is 62.0 cm³/mol. The van der Waals surface area contributed by atoms with Gasteiger partial charge in [0, 0.05) is 0 Å². The molecule has 0 unspecified atom stereocenters. The molecule has 0 saturated carbocycles. The first-order chi connectivity index (χ1) is 8.54. The molecule has 0 atom stereocenters. The van der Waals surface area contributed by atoms with Crippen molar-refractivity contribution in [2.75, 3.05) is 14.2 Å². The van der Waals surface area contributed by atoms with Crippen molar-refractivity contribution in [1.29, 1.82) is 0 Å². The van der Waals surface area contributed by atoms with Gasteiger partial charge in [-0.1, -0.05) is 0 Å². The predicted octanol–water partition coefficient (Wildman–Crippen LogP) is -1.16. The average Bonchev–Trinajstić information content (AvgIpc) is 2.43. The van der Waals surface area contributed by atoms with E-state index in [0.717, 1.165) is 0 Å². The van der Waals surface area contributed by atoms with E-state index in [9.17, 15) is 14.6 Å². The molecule has 1 aromatic rings. The summed E-state index contributed by atoms with van der Waals surface area (Å²) in [6.45, 7) is 0. The molecule has 1 rings (SSSR count). The second-order valence-corrected chi connectivity index (χ2v) is 3.27. The van der Waals surface area contributed by atoms with Gasteiger partial charge in [0.05, 0.1) is 25.3 Å². The van der Waals surface area contributed by atoms with E-state index >= 15 is 0 Å². The molecule has 0 heterocycles. The third-order valence-electron chi connectivity index (χ3n) is 2.27. The molecule has 7 nitrogen and oxygen atoms in total. The van der Waals surface area contributed by atoms with Gasteiger partial charge in [-0.05, 0) is 23.7 Å². The van der Waals surface area contributed by atoms with E-state index in [1.165, 1.54) is 32.4 Å². The minimum atomic E-state index is -1.55. The van der Waals surface area contributed by atoms with Gasteiger partial charge in [0.25, 0.3) is 0 Å². The van der Waals surface area contributed by atoms with Crippen molar-refractivity contribution in [2.45, 2.75) is 0 Å². The Balaban J connectivity index is 3.29. The fourth-order valence-corrected chi connectivity index (χ4v) is 1.38. The molecule has 0 radical (unpaired) electrons. The molecule has 0 aliphatic heterocycles. The van der Waals surface area contributed by atoms with Gasteiger partial charge >= 0.3 is 19.1 Å². The Bertz CT molecular complexity index is 464. The summed E-state index contributed by atoms with van der Waals surface area (Å²) in [6.07, 6.45) is 0. The van der Waals surface area contributed by atoms with E-state index in [4.69, 9.17) is 5.90 Å². The molecule has 18 heavy (non-hydrogen) atoms. The van der Waals surface area contributed by atoms with Crippen LogP contribution in [-0.4, -0.2) is 38.3 Å². The smallest absolute Gasteiger partial charge is 0.465 e. The number of nitrogens with two attached hydrogens (primary N) is 1. The van der Waals surface area contributed by atoms with Crippen LogP contribution < -0.4 is 11.4 Å². The molecule has 8 heteroatoms. The van der Waals surface area contributed by atoms with E-state index in [-0.39, 0.29) is 16.6 Å². The number of ether oxygens (including phenoxy) is 2. The summed E-state index contributed by atoms with van der Waals surface area (Å²) in [6, 6.07) is 3.93. The number of carbonyl (C=O) groups is 2. The molecular weight excluding hydrogens is 241 g/mol. The Labute approximate surface area is 104 Å². The Kier molecular flexibility index (Phi) is 4.84. The fraction of sp³-hybridized carbons (Fsp3) is 0.200. The molecule has 0 aliphatic rings. The summed E-state index contributed by atoms with van der Waals surface area (Å²) < 4.78 is 13.3. The van der Waals surface area contributed by atoms with Gasteiger partial charge in [-0.15, -0.1) is 0 Å². The summed E-state index contributed by atoms with van der Waals surface area (Å²) in [5.41, 5.74) is 0.214. The highest BCUT2D eigenvalue weighted by atomic mass is 16.6. The summed E-state index contributed by atoms with van der Waals surface area (Å²) in [5.74, 6) is 3.56. The highest BCUT2D eigenvalue weighted by Crippen LogP contribution is 2.06. The van der Waals surface area contributed by atoms with Crippen molar-refractivity contribution in [3.05, 3.63) is 29.3 Å². The van der Waals surface area contributed by atoms with Crippen LogP contribution in [0, 0.1) is 0 Å². The van der Waals surface area contributed by atoms with Crippen molar-refractivity contribution in [3.8, 4) is 0 Å². The van der Waals surface area contributed by atoms with Crippen molar-refractivity contribution < 1.29 is 28.8 Å². The van der Waals surface area contributed by atoms with Crippen LogP contribution in [0.2, 0.25) is 0 Å². The topological polar surface area (TPSA) is 108 Å². The minimum absolute atomic E-state index is 0.0206. The molecule has 0 spiro atoms. The van der Waals surface area contributed by atoms with Crippen molar-refractivity contribution in [3.63, 3.8) is 0 Å². The number of methoxy groups -OCH3 is 2. The molecule has 3 N–H and O–H groups in total. The second kappa shape index (κ2) is 6.15. The standard InChI is InChI=1S/C10H12BNO6/c1-16-9(13)6-3-4-7(10(14)17-2)8(5-6)11(15)18-12/h3-5,15H,12H2,1-2H3. The largest absolute Gasteiger partial charge is 0.509 e. The van der Waals surface area contributed by atoms with Crippen LogP contribution in [0.3, 0.4) is 0 Å². The van der Waals surface area contributed by atoms with Gasteiger partial charge in [-0.3, -0.25) is 0 Å². The Morgan fingerprint density at radius 2 is 1.83 bits per heavy atom. The zero-order valence-electron chi connectivity index (χ0n) is 9.88. The van der Waals surface area contributed by atoms with Gasteiger partial charge in [-0.25, -0.2) is 15.5 Å². The monoisotopic (exact) mass is 253 g/mol. The molecular formula is C10H12BNO6. The Morgan fingerprint density at radius 3 is 2.33 bits per heavy atom. The maximum Gasteiger partial charge on any atom is 0.509 e. The zero-order valence-corrected chi connectivity index (χ0v) is 9.88. The maximum absolute atomic E-state index is 11.5. The normalized spacial score (nSPS) is 9.78. The summed E-state index contributed by atoms with van der Waals surface area (Å²) in [4.78, 5) is 22.8. The lowest BCUT2D eigenvalue weighted by molar-refractivity contribution is 0.0587. The molecule has 0 bridgehead atoms. The number of hydrogen-bond donors (Lipinski definition) is 2. The fourth-order valence-electron chi connectivity index (χ4n) is 1.38. The first kappa shape index (κ1) is 14.2. The molecule has 0 saturated heterocycles. The Hall–Kier alpha value is -1.90. The maximum atomic E-state index is 11.5. The number of rotatable bonds is 4. The lowest BCUT2D eigenvalue weighted by Crippen LogP contribution is -2.40. The van der Waals surface area contributed by atoms with Crippen molar-refractivity contribution in [1.82, 2.24) is 0 Å². The van der Waals surface area contributed by atoms with Crippen LogP contribution in [0.1, 0.15) is 20.7 Å².